The van der Waals surface area contributed by atoms with Crippen LogP contribution in [0, 0.1) is 5.92 Å². The second-order valence-corrected chi connectivity index (χ2v) is 6.81. The lowest BCUT2D eigenvalue weighted by Crippen LogP contribution is -2.26. The zero-order valence-electron chi connectivity index (χ0n) is 9.26. The van der Waals surface area contributed by atoms with Crippen molar-refractivity contribution in [2.75, 3.05) is 0 Å². The molecule has 0 saturated heterocycles. The van der Waals surface area contributed by atoms with E-state index in [0.29, 0.717) is 6.10 Å². The van der Waals surface area contributed by atoms with Gasteiger partial charge in [-0.1, -0.05) is 34.1 Å². The van der Waals surface area contributed by atoms with Gasteiger partial charge in [0.2, 0.25) is 0 Å². The smallest absolute Gasteiger partial charge is 0.176 e. The SMILES string of the molecule is CCC(C)C(C)O[SiH](CC)CC. The summed E-state index contributed by atoms with van der Waals surface area (Å²) in [6.07, 6.45) is 1.71. The van der Waals surface area contributed by atoms with E-state index < -0.39 is 9.04 Å². The fraction of sp³-hybridized carbons (Fsp3) is 1.00. The Morgan fingerprint density at radius 1 is 1.08 bits per heavy atom. The van der Waals surface area contributed by atoms with Crippen LogP contribution in [0.4, 0.5) is 0 Å². The van der Waals surface area contributed by atoms with Gasteiger partial charge in [0.15, 0.2) is 9.04 Å². The Hall–Kier alpha value is 0.177. The molecular formula is C10H24OSi. The summed E-state index contributed by atoms with van der Waals surface area (Å²) in [5, 5.41) is 0. The molecule has 0 aromatic rings. The second-order valence-electron chi connectivity index (χ2n) is 3.67. The molecule has 2 unspecified atom stereocenters. The maximum Gasteiger partial charge on any atom is 0.176 e. The Balaban J connectivity index is 3.72. The van der Waals surface area contributed by atoms with Gasteiger partial charge in [0, 0.05) is 6.10 Å². The molecule has 0 fully saturated rings. The van der Waals surface area contributed by atoms with Crippen LogP contribution in [-0.4, -0.2) is 15.1 Å². The standard InChI is InChI=1S/C10H24OSi/c1-6-9(4)10(5)11-12(7-2)8-3/h9-10,12H,6-8H2,1-5H3. The zero-order chi connectivity index (χ0) is 9.56. The molecule has 0 bridgehead atoms. The van der Waals surface area contributed by atoms with Crippen molar-refractivity contribution in [3.05, 3.63) is 0 Å². The average molecular weight is 188 g/mol. The Morgan fingerprint density at radius 3 is 1.92 bits per heavy atom. The Morgan fingerprint density at radius 2 is 1.58 bits per heavy atom. The molecule has 0 aliphatic carbocycles. The topological polar surface area (TPSA) is 9.23 Å². The third kappa shape index (κ3) is 4.26. The molecule has 2 atom stereocenters. The van der Waals surface area contributed by atoms with E-state index in [1.807, 2.05) is 0 Å². The summed E-state index contributed by atoms with van der Waals surface area (Å²) in [4.78, 5) is 0. The van der Waals surface area contributed by atoms with Crippen LogP contribution in [0.1, 0.15) is 41.0 Å². The van der Waals surface area contributed by atoms with Crippen LogP contribution in [0.5, 0.6) is 0 Å². The summed E-state index contributed by atoms with van der Waals surface area (Å²) < 4.78 is 6.04. The predicted octanol–water partition coefficient (Wildman–Crippen LogP) is 3.20. The number of rotatable bonds is 6. The zero-order valence-corrected chi connectivity index (χ0v) is 10.4. The summed E-state index contributed by atoms with van der Waals surface area (Å²) >= 11 is 0. The van der Waals surface area contributed by atoms with Crippen LogP contribution in [-0.2, 0) is 4.43 Å². The quantitative estimate of drug-likeness (QED) is 0.582. The Bertz CT molecular complexity index is 102. The molecule has 12 heavy (non-hydrogen) atoms. The summed E-state index contributed by atoms with van der Waals surface area (Å²) in [6, 6.07) is 2.55. The predicted molar refractivity (Wildman–Crippen MR) is 58.1 cm³/mol. The van der Waals surface area contributed by atoms with Gasteiger partial charge in [-0.15, -0.1) is 0 Å². The van der Waals surface area contributed by atoms with Crippen LogP contribution in [0.2, 0.25) is 12.1 Å². The van der Waals surface area contributed by atoms with Crippen molar-refractivity contribution in [3.8, 4) is 0 Å². The molecule has 0 aliphatic heterocycles. The first-order valence-corrected chi connectivity index (χ1v) is 7.41. The molecule has 2 heteroatoms. The minimum Gasteiger partial charge on any atom is -0.417 e. The van der Waals surface area contributed by atoms with Gasteiger partial charge < -0.3 is 4.43 Å². The monoisotopic (exact) mass is 188 g/mol. The molecule has 0 amide bonds. The van der Waals surface area contributed by atoms with Crippen molar-refractivity contribution >= 4 is 9.04 Å². The molecule has 0 rings (SSSR count). The highest BCUT2D eigenvalue weighted by molar-refractivity contribution is 6.51. The van der Waals surface area contributed by atoms with E-state index in [0.717, 1.165) is 5.92 Å². The first kappa shape index (κ1) is 12.2. The van der Waals surface area contributed by atoms with Crippen LogP contribution in [0.15, 0.2) is 0 Å². The number of hydrogen-bond acceptors (Lipinski definition) is 1. The van der Waals surface area contributed by atoms with Gasteiger partial charge in [-0.25, -0.2) is 0 Å². The van der Waals surface area contributed by atoms with Crippen molar-refractivity contribution < 1.29 is 4.43 Å². The molecular weight excluding hydrogens is 164 g/mol. The second kappa shape index (κ2) is 6.67. The molecule has 0 heterocycles. The Kier molecular flexibility index (Phi) is 6.77. The summed E-state index contributed by atoms with van der Waals surface area (Å²) in [5.74, 6) is 0.720. The third-order valence-corrected chi connectivity index (χ3v) is 5.40. The highest BCUT2D eigenvalue weighted by Gasteiger charge is 2.15. The molecule has 0 saturated carbocycles. The normalized spacial score (nSPS) is 16.5. The molecule has 0 radical (unpaired) electrons. The minimum absolute atomic E-state index is 0.478. The van der Waals surface area contributed by atoms with E-state index in [1.54, 1.807) is 0 Å². The van der Waals surface area contributed by atoms with Crippen molar-refractivity contribution in [1.29, 1.82) is 0 Å². The molecule has 0 N–H and O–H groups in total. The average Bonchev–Trinajstić information content (AvgIpc) is 2.12. The van der Waals surface area contributed by atoms with Crippen LogP contribution in [0.3, 0.4) is 0 Å². The van der Waals surface area contributed by atoms with Gasteiger partial charge in [-0.05, 0) is 24.9 Å². The van der Waals surface area contributed by atoms with Crippen LogP contribution >= 0.6 is 0 Å². The van der Waals surface area contributed by atoms with E-state index in [4.69, 9.17) is 4.43 Å². The fourth-order valence-electron chi connectivity index (χ4n) is 1.25. The first-order valence-electron chi connectivity index (χ1n) is 5.31. The highest BCUT2D eigenvalue weighted by Crippen LogP contribution is 2.14. The minimum atomic E-state index is -0.820. The molecule has 1 nitrogen and oxygen atoms in total. The highest BCUT2D eigenvalue weighted by atomic mass is 28.3. The summed E-state index contributed by atoms with van der Waals surface area (Å²) in [7, 11) is -0.820. The molecule has 0 aromatic carbocycles. The van der Waals surface area contributed by atoms with Crippen molar-refractivity contribution in [2.45, 2.75) is 59.2 Å². The van der Waals surface area contributed by atoms with E-state index in [1.165, 1.54) is 18.5 Å². The van der Waals surface area contributed by atoms with E-state index in [9.17, 15) is 0 Å². The first-order chi connectivity index (χ1) is 5.65. The lowest BCUT2D eigenvalue weighted by molar-refractivity contribution is 0.156. The van der Waals surface area contributed by atoms with E-state index in [2.05, 4.69) is 34.6 Å². The van der Waals surface area contributed by atoms with Gasteiger partial charge in [0.1, 0.15) is 0 Å². The largest absolute Gasteiger partial charge is 0.417 e. The van der Waals surface area contributed by atoms with Crippen molar-refractivity contribution in [1.82, 2.24) is 0 Å². The molecule has 0 aromatic heterocycles. The lowest BCUT2D eigenvalue weighted by Gasteiger charge is -2.23. The summed E-state index contributed by atoms with van der Waals surface area (Å²) in [5.41, 5.74) is 0. The summed E-state index contributed by atoms with van der Waals surface area (Å²) in [6.45, 7) is 11.2. The van der Waals surface area contributed by atoms with E-state index in [-0.39, 0.29) is 0 Å². The van der Waals surface area contributed by atoms with Gasteiger partial charge in [0.25, 0.3) is 0 Å². The van der Waals surface area contributed by atoms with Gasteiger partial charge >= 0.3 is 0 Å². The maximum atomic E-state index is 6.04. The molecule has 74 valence electrons. The van der Waals surface area contributed by atoms with Crippen molar-refractivity contribution in [3.63, 3.8) is 0 Å². The lowest BCUT2D eigenvalue weighted by atomic mass is 10.0. The van der Waals surface area contributed by atoms with Crippen LogP contribution in [0.25, 0.3) is 0 Å². The Labute approximate surface area is 79.2 Å². The van der Waals surface area contributed by atoms with Gasteiger partial charge in [-0.3, -0.25) is 0 Å². The van der Waals surface area contributed by atoms with E-state index >= 15 is 0 Å². The van der Waals surface area contributed by atoms with Gasteiger partial charge in [-0.2, -0.15) is 0 Å². The number of hydrogen-bond donors (Lipinski definition) is 0. The third-order valence-electron chi connectivity index (χ3n) is 2.76. The van der Waals surface area contributed by atoms with Gasteiger partial charge in [0.05, 0.1) is 0 Å². The molecule has 0 aliphatic rings. The van der Waals surface area contributed by atoms with Crippen LogP contribution < -0.4 is 0 Å². The maximum absolute atomic E-state index is 6.04. The molecule has 0 spiro atoms. The van der Waals surface area contributed by atoms with Crippen molar-refractivity contribution in [2.24, 2.45) is 5.92 Å². The fourth-order valence-corrected chi connectivity index (χ4v) is 3.09.